The van der Waals surface area contributed by atoms with Gasteiger partial charge in [0.15, 0.2) is 0 Å². The number of amides is 1. The van der Waals surface area contributed by atoms with E-state index < -0.39 is 4.92 Å². The predicted molar refractivity (Wildman–Crippen MR) is 108 cm³/mol. The molecule has 0 fully saturated rings. The Kier molecular flexibility index (Phi) is 5.75. The van der Waals surface area contributed by atoms with Crippen LogP contribution < -0.4 is 5.32 Å². The summed E-state index contributed by atoms with van der Waals surface area (Å²) in [7, 11) is 0. The molecule has 1 heterocycles. The fourth-order valence-corrected chi connectivity index (χ4v) is 2.85. The summed E-state index contributed by atoms with van der Waals surface area (Å²) >= 11 is 6.31. The van der Waals surface area contributed by atoms with Crippen molar-refractivity contribution in [2.45, 2.75) is 13.8 Å². The number of halogens is 1. The van der Waals surface area contributed by atoms with Gasteiger partial charge in [-0.15, -0.1) is 0 Å². The van der Waals surface area contributed by atoms with E-state index in [1.165, 1.54) is 16.8 Å². The number of hydrogen-bond donors (Lipinski definition) is 1. The molecular formula is C20H19ClN4O3. The zero-order valence-corrected chi connectivity index (χ0v) is 16.2. The summed E-state index contributed by atoms with van der Waals surface area (Å²) in [6.07, 6.45) is 0. The van der Waals surface area contributed by atoms with Crippen molar-refractivity contribution in [3.8, 4) is 16.9 Å². The number of carbonyl (C=O) groups excluding carboxylic acids is 1. The highest BCUT2D eigenvalue weighted by Crippen LogP contribution is 2.26. The number of hydrogen-bond acceptors (Lipinski definition) is 4. The largest absolute Gasteiger partial charge is 0.350 e. The van der Waals surface area contributed by atoms with Crippen LogP contribution in [0.5, 0.6) is 0 Å². The number of carbonyl (C=O) groups is 1. The van der Waals surface area contributed by atoms with Crippen molar-refractivity contribution in [1.29, 1.82) is 0 Å². The van der Waals surface area contributed by atoms with Crippen LogP contribution in [0.15, 0.2) is 54.6 Å². The monoisotopic (exact) mass is 398 g/mol. The molecule has 0 radical (unpaired) electrons. The SMILES string of the molecule is CC(C)CNC(=O)c1cc(-c2ccc([N+](=O)[O-])cc2)nn1-c1ccccc1Cl. The van der Waals surface area contributed by atoms with Crippen molar-refractivity contribution in [3.05, 3.63) is 75.4 Å². The minimum absolute atomic E-state index is 0.0100. The molecule has 1 N–H and O–H groups in total. The average molecular weight is 399 g/mol. The van der Waals surface area contributed by atoms with E-state index in [2.05, 4.69) is 10.4 Å². The van der Waals surface area contributed by atoms with Gasteiger partial charge in [0.1, 0.15) is 5.69 Å². The molecule has 1 amide bonds. The maximum absolute atomic E-state index is 12.7. The van der Waals surface area contributed by atoms with E-state index in [9.17, 15) is 14.9 Å². The number of nitro benzene ring substituents is 1. The van der Waals surface area contributed by atoms with Crippen LogP contribution in [0.25, 0.3) is 16.9 Å². The van der Waals surface area contributed by atoms with E-state index >= 15 is 0 Å². The Hall–Kier alpha value is -3.19. The summed E-state index contributed by atoms with van der Waals surface area (Å²) in [6, 6.07) is 14.8. The molecule has 0 bridgehead atoms. The van der Waals surface area contributed by atoms with E-state index in [0.29, 0.717) is 40.1 Å². The van der Waals surface area contributed by atoms with Crippen molar-refractivity contribution in [3.63, 3.8) is 0 Å². The molecule has 0 unspecified atom stereocenters. The topological polar surface area (TPSA) is 90.1 Å². The van der Waals surface area contributed by atoms with E-state index in [-0.39, 0.29) is 11.6 Å². The number of nitro groups is 1. The molecule has 0 atom stereocenters. The third-order valence-corrected chi connectivity index (χ3v) is 4.39. The molecule has 7 nitrogen and oxygen atoms in total. The van der Waals surface area contributed by atoms with Crippen LogP contribution in [-0.2, 0) is 0 Å². The zero-order valence-electron chi connectivity index (χ0n) is 15.4. The molecule has 2 aromatic carbocycles. The number of rotatable bonds is 6. The Bertz CT molecular complexity index is 1010. The van der Waals surface area contributed by atoms with Gasteiger partial charge in [-0.3, -0.25) is 14.9 Å². The third-order valence-electron chi connectivity index (χ3n) is 4.07. The summed E-state index contributed by atoms with van der Waals surface area (Å²) in [4.78, 5) is 23.1. The first-order valence-corrected chi connectivity index (χ1v) is 9.12. The average Bonchev–Trinajstić information content (AvgIpc) is 3.11. The van der Waals surface area contributed by atoms with Crippen LogP contribution in [0.3, 0.4) is 0 Å². The molecule has 3 aromatic rings. The molecule has 144 valence electrons. The first-order chi connectivity index (χ1) is 13.4. The van der Waals surface area contributed by atoms with E-state index in [1.54, 1.807) is 36.4 Å². The molecular weight excluding hydrogens is 380 g/mol. The maximum atomic E-state index is 12.7. The second-order valence-corrected chi connectivity index (χ2v) is 7.09. The normalized spacial score (nSPS) is 10.9. The Morgan fingerprint density at radius 3 is 2.50 bits per heavy atom. The summed E-state index contributed by atoms with van der Waals surface area (Å²) in [5.41, 5.74) is 2.08. The molecule has 8 heteroatoms. The molecule has 0 saturated carbocycles. The van der Waals surface area contributed by atoms with Crippen LogP contribution >= 0.6 is 11.6 Å². The van der Waals surface area contributed by atoms with Gasteiger partial charge >= 0.3 is 0 Å². The Morgan fingerprint density at radius 2 is 1.89 bits per heavy atom. The molecule has 0 aliphatic carbocycles. The number of para-hydroxylation sites is 1. The summed E-state index contributed by atoms with van der Waals surface area (Å²) in [5.74, 6) is 0.0315. The standard InChI is InChI=1S/C20H19ClN4O3/c1-13(2)12-22-20(26)19-11-17(14-7-9-15(10-8-14)25(27)28)23-24(19)18-6-4-3-5-16(18)21/h3-11,13H,12H2,1-2H3,(H,22,26). The molecule has 0 aliphatic rings. The minimum Gasteiger partial charge on any atom is -0.350 e. The van der Waals surface area contributed by atoms with Crippen molar-refractivity contribution in [2.24, 2.45) is 5.92 Å². The molecule has 28 heavy (non-hydrogen) atoms. The van der Waals surface area contributed by atoms with Gasteiger partial charge in [-0.05, 0) is 36.2 Å². The summed E-state index contributed by atoms with van der Waals surface area (Å²) < 4.78 is 1.49. The number of aromatic nitrogens is 2. The van der Waals surface area contributed by atoms with Crippen LogP contribution in [0.2, 0.25) is 5.02 Å². The number of nitrogens with one attached hydrogen (secondary N) is 1. The fourth-order valence-electron chi connectivity index (χ4n) is 2.63. The van der Waals surface area contributed by atoms with Gasteiger partial charge in [0, 0.05) is 24.2 Å². The van der Waals surface area contributed by atoms with Crippen LogP contribution in [0, 0.1) is 16.0 Å². The van der Waals surface area contributed by atoms with Gasteiger partial charge in [0.25, 0.3) is 11.6 Å². The van der Waals surface area contributed by atoms with Gasteiger partial charge < -0.3 is 5.32 Å². The quantitative estimate of drug-likeness (QED) is 0.489. The molecule has 3 rings (SSSR count). The number of non-ortho nitro benzene ring substituents is 1. The van der Waals surface area contributed by atoms with Gasteiger partial charge in [-0.25, -0.2) is 4.68 Å². The number of benzene rings is 2. The highest BCUT2D eigenvalue weighted by atomic mass is 35.5. The van der Waals surface area contributed by atoms with Crippen LogP contribution in [0.1, 0.15) is 24.3 Å². The minimum atomic E-state index is -0.461. The zero-order chi connectivity index (χ0) is 20.3. The van der Waals surface area contributed by atoms with Crippen molar-refractivity contribution >= 4 is 23.2 Å². The Morgan fingerprint density at radius 1 is 1.21 bits per heavy atom. The second-order valence-electron chi connectivity index (χ2n) is 6.69. The van der Waals surface area contributed by atoms with Crippen LogP contribution in [-0.4, -0.2) is 27.2 Å². The lowest BCUT2D eigenvalue weighted by molar-refractivity contribution is -0.384. The Balaban J connectivity index is 2.05. The first-order valence-electron chi connectivity index (χ1n) is 8.75. The molecule has 0 saturated heterocycles. The lowest BCUT2D eigenvalue weighted by Gasteiger charge is -2.10. The first kappa shape index (κ1) is 19.6. The predicted octanol–water partition coefficient (Wildman–Crippen LogP) is 4.49. The van der Waals surface area contributed by atoms with Crippen LogP contribution in [0.4, 0.5) is 5.69 Å². The highest BCUT2D eigenvalue weighted by molar-refractivity contribution is 6.32. The van der Waals surface area contributed by atoms with Gasteiger partial charge in [-0.2, -0.15) is 5.10 Å². The lowest BCUT2D eigenvalue weighted by Crippen LogP contribution is -2.29. The smallest absolute Gasteiger partial charge is 0.270 e. The maximum Gasteiger partial charge on any atom is 0.270 e. The molecule has 1 aromatic heterocycles. The summed E-state index contributed by atoms with van der Waals surface area (Å²) in [5, 5.41) is 18.7. The van der Waals surface area contributed by atoms with Crippen molar-refractivity contribution < 1.29 is 9.72 Å². The third kappa shape index (κ3) is 4.20. The summed E-state index contributed by atoms with van der Waals surface area (Å²) in [6.45, 7) is 4.54. The van der Waals surface area contributed by atoms with Crippen molar-refractivity contribution in [1.82, 2.24) is 15.1 Å². The second kappa shape index (κ2) is 8.22. The van der Waals surface area contributed by atoms with Gasteiger partial charge in [0.2, 0.25) is 0 Å². The van der Waals surface area contributed by atoms with E-state index in [1.807, 2.05) is 19.9 Å². The van der Waals surface area contributed by atoms with E-state index in [4.69, 9.17) is 11.6 Å². The van der Waals surface area contributed by atoms with Gasteiger partial charge in [-0.1, -0.05) is 37.6 Å². The number of nitrogens with zero attached hydrogens (tertiary/aromatic N) is 3. The lowest BCUT2D eigenvalue weighted by atomic mass is 10.1. The molecule has 0 aliphatic heterocycles. The Labute approximate surface area is 167 Å². The van der Waals surface area contributed by atoms with E-state index in [0.717, 1.165) is 0 Å². The highest BCUT2D eigenvalue weighted by Gasteiger charge is 2.19. The molecule has 0 spiro atoms. The van der Waals surface area contributed by atoms with Gasteiger partial charge in [0.05, 0.1) is 21.3 Å². The fraction of sp³-hybridized carbons (Fsp3) is 0.200. The van der Waals surface area contributed by atoms with Crippen molar-refractivity contribution in [2.75, 3.05) is 6.54 Å².